The molecule has 78 valence electrons. The minimum atomic E-state index is -4.32. The lowest BCUT2D eigenvalue weighted by molar-refractivity contribution is -0.138. The molecule has 1 aromatic rings. The first-order valence-electron chi connectivity index (χ1n) is 4.22. The van der Waals surface area contributed by atoms with Crippen LogP contribution in [0, 0.1) is 6.92 Å². The van der Waals surface area contributed by atoms with Crippen LogP contribution in [0.5, 0.6) is 0 Å². The number of rotatable bonds is 1. The summed E-state index contributed by atoms with van der Waals surface area (Å²) in [7, 11) is 0. The van der Waals surface area contributed by atoms with E-state index in [1.54, 1.807) is 13.0 Å². The highest BCUT2D eigenvalue weighted by Crippen LogP contribution is 2.35. The van der Waals surface area contributed by atoms with Crippen LogP contribution in [-0.4, -0.2) is 0 Å². The van der Waals surface area contributed by atoms with Crippen LogP contribution in [0.2, 0.25) is 5.02 Å². The molecule has 0 saturated carbocycles. The Hall–Kier alpha value is -0.700. The third kappa shape index (κ3) is 2.21. The van der Waals surface area contributed by atoms with Gasteiger partial charge >= 0.3 is 6.18 Å². The zero-order valence-corrected chi connectivity index (χ0v) is 8.63. The molecular formula is C10H10ClF3. The van der Waals surface area contributed by atoms with E-state index < -0.39 is 11.7 Å². The first-order valence-corrected chi connectivity index (χ1v) is 4.60. The summed E-state index contributed by atoms with van der Waals surface area (Å²) >= 11 is 5.61. The molecule has 0 aliphatic heterocycles. The Labute approximate surface area is 85.7 Å². The predicted molar refractivity (Wildman–Crippen MR) is 50.6 cm³/mol. The summed E-state index contributed by atoms with van der Waals surface area (Å²) in [5, 5.41) is 0.139. The van der Waals surface area contributed by atoms with Gasteiger partial charge < -0.3 is 0 Å². The summed E-state index contributed by atoms with van der Waals surface area (Å²) in [6.07, 6.45) is -3.77. The second-order valence-corrected chi connectivity index (χ2v) is 3.53. The highest BCUT2D eigenvalue weighted by Gasteiger charge is 2.33. The highest BCUT2D eigenvalue weighted by molar-refractivity contribution is 6.30. The maximum absolute atomic E-state index is 12.5. The summed E-state index contributed by atoms with van der Waals surface area (Å²) in [6, 6.07) is 2.54. The van der Waals surface area contributed by atoms with Gasteiger partial charge in [0.1, 0.15) is 0 Å². The average molecular weight is 223 g/mol. The van der Waals surface area contributed by atoms with Gasteiger partial charge in [-0.05, 0) is 36.6 Å². The van der Waals surface area contributed by atoms with Crippen molar-refractivity contribution in [3.8, 4) is 0 Å². The van der Waals surface area contributed by atoms with Crippen molar-refractivity contribution in [2.24, 2.45) is 0 Å². The molecule has 0 N–H and O–H groups in total. The van der Waals surface area contributed by atoms with E-state index in [0.717, 1.165) is 6.07 Å². The van der Waals surface area contributed by atoms with Gasteiger partial charge in [-0.1, -0.05) is 18.5 Å². The van der Waals surface area contributed by atoms with Crippen LogP contribution < -0.4 is 0 Å². The van der Waals surface area contributed by atoms with Gasteiger partial charge in [0.25, 0.3) is 0 Å². The topological polar surface area (TPSA) is 0 Å². The SMILES string of the molecule is CCc1cc(Cl)cc(C(F)(F)F)c1C. The van der Waals surface area contributed by atoms with Crippen molar-refractivity contribution >= 4 is 11.6 Å². The largest absolute Gasteiger partial charge is 0.416 e. The number of alkyl halides is 3. The Morgan fingerprint density at radius 2 is 1.86 bits per heavy atom. The van der Waals surface area contributed by atoms with E-state index in [9.17, 15) is 13.2 Å². The zero-order valence-electron chi connectivity index (χ0n) is 7.87. The number of hydrogen-bond donors (Lipinski definition) is 0. The van der Waals surface area contributed by atoms with Crippen molar-refractivity contribution in [3.63, 3.8) is 0 Å². The summed E-state index contributed by atoms with van der Waals surface area (Å²) in [6.45, 7) is 3.27. The molecule has 0 fully saturated rings. The molecule has 1 aromatic carbocycles. The quantitative estimate of drug-likeness (QED) is 0.667. The third-order valence-electron chi connectivity index (χ3n) is 2.17. The van der Waals surface area contributed by atoms with Crippen molar-refractivity contribution in [2.45, 2.75) is 26.4 Å². The monoisotopic (exact) mass is 222 g/mol. The van der Waals surface area contributed by atoms with Gasteiger partial charge in [0.05, 0.1) is 5.56 Å². The molecule has 0 saturated heterocycles. The second kappa shape index (κ2) is 3.81. The number of hydrogen-bond acceptors (Lipinski definition) is 0. The minimum Gasteiger partial charge on any atom is -0.166 e. The Kier molecular flexibility index (Phi) is 3.10. The summed E-state index contributed by atoms with van der Waals surface area (Å²) in [5.41, 5.74) is 0.274. The Bertz CT molecular complexity index is 342. The van der Waals surface area contributed by atoms with Gasteiger partial charge in [0.15, 0.2) is 0 Å². The number of halogens is 4. The van der Waals surface area contributed by atoms with Crippen molar-refractivity contribution in [1.82, 2.24) is 0 Å². The van der Waals surface area contributed by atoms with E-state index in [2.05, 4.69) is 0 Å². The zero-order chi connectivity index (χ0) is 10.9. The highest BCUT2D eigenvalue weighted by atomic mass is 35.5. The van der Waals surface area contributed by atoms with Crippen LogP contribution in [0.3, 0.4) is 0 Å². The lowest BCUT2D eigenvalue weighted by Crippen LogP contribution is -2.09. The molecule has 14 heavy (non-hydrogen) atoms. The summed E-state index contributed by atoms with van der Waals surface area (Å²) < 4.78 is 37.5. The first kappa shape index (κ1) is 11.4. The Morgan fingerprint density at radius 3 is 2.29 bits per heavy atom. The molecule has 0 aromatic heterocycles. The summed E-state index contributed by atoms with van der Waals surface area (Å²) in [5.74, 6) is 0. The van der Waals surface area contributed by atoms with Crippen LogP contribution >= 0.6 is 11.6 Å². The predicted octanol–water partition coefficient (Wildman–Crippen LogP) is 4.23. The molecule has 0 unspecified atom stereocenters. The Balaban J connectivity index is 3.37. The molecule has 0 nitrogen and oxygen atoms in total. The minimum absolute atomic E-state index is 0.139. The maximum atomic E-state index is 12.5. The van der Waals surface area contributed by atoms with Crippen LogP contribution in [0.15, 0.2) is 12.1 Å². The van der Waals surface area contributed by atoms with E-state index >= 15 is 0 Å². The van der Waals surface area contributed by atoms with Crippen molar-refractivity contribution in [1.29, 1.82) is 0 Å². The van der Waals surface area contributed by atoms with Gasteiger partial charge in [-0.15, -0.1) is 0 Å². The standard InChI is InChI=1S/C10H10ClF3/c1-3-7-4-8(11)5-9(6(7)2)10(12,13)14/h4-5H,3H2,1-2H3. The molecule has 1 rings (SSSR count). The fourth-order valence-corrected chi connectivity index (χ4v) is 1.64. The van der Waals surface area contributed by atoms with Crippen LogP contribution in [-0.2, 0) is 12.6 Å². The Morgan fingerprint density at radius 1 is 1.29 bits per heavy atom. The van der Waals surface area contributed by atoms with Crippen molar-refractivity contribution < 1.29 is 13.2 Å². The van der Waals surface area contributed by atoms with Crippen LogP contribution in [0.1, 0.15) is 23.6 Å². The van der Waals surface area contributed by atoms with Gasteiger partial charge in [-0.2, -0.15) is 13.2 Å². The van der Waals surface area contributed by atoms with Crippen LogP contribution in [0.25, 0.3) is 0 Å². The first-order chi connectivity index (χ1) is 6.36. The van der Waals surface area contributed by atoms with E-state index in [-0.39, 0.29) is 10.6 Å². The number of benzene rings is 1. The van der Waals surface area contributed by atoms with Crippen LogP contribution in [0.4, 0.5) is 13.2 Å². The molecule has 0 aliphatic carbocycles. The van der Waals surface area contributed by atoms with Gasteiger partial charge in [-0.3, -0.25) is 0 Å². The average Bonchev–Trinajstić information content (AvgIpc) is 2.06. The lowest BCUT2D eigenvalue weighted by atomic mass is 10.0. The molecule has 0 heterocycles. The molecule has 0 bridgehead atoms. The molecule has 0 aliphatic rings. The van der Waals surface area contributed by atoms with E-state index in [0.29, 0.717) is 12.0 Å². The van der Waals surface area contributed by atoms with Gasteiger partial charge in [0, 0.05) is 5.02 Å². The van der Waals surface area contributed by atoms with E-state index in [4.69, 9.17) is 11.6 Å². The van der Waals surface area contributed by atoms with Gasteiger partial charge in [0.2, 0.25) is 0 Å². The van der Waals surface area contributed by atoms with Crippen molar-refractivity contribution in [2.75, 3.05) is 0 Å². The molecule has 0 radical (unpaired) electrons. The molecular weight excluding hydrogens is 213 g/mol. The lowest BCUT2D eigenvalue weighted by Gasteiger charge is -2.13. The molecule has 4 heteroatoms. The fourth-order valence-electron chi connectivity index (χ4n) is 1.40. The summed E-state index contributed by atoms with van der Waals surface area (Å²) in [4.78, 5) is 0. The fraction of sp³-hybridized carbons (Fsp3) is 0.400. The van der Waals surface area contributed by atoms with Crippen molar-refractivity contribution in [3.05, 3.63) is 33.8 Å². The molecule has 0 atom stereocenters. The maximum Gasteiger partial charge on any atom is 0.416 e. The van der Waals surface area contributed by atoms with Gasteiger partial charge in [-0.25, -0.2) is 0 Å². The smallest absolute Gasteiger partial charge is 0.166 e. The third-order valence-corrected chi connectivity index (χ3v) is 2.38. The second-order valence-electron chi connectivity index (χ2n) is 3.09. The molecule has 0 amide bonds. The molecule has 0 spiro atoms. The van der Waals surface area contributed by atoms with E-state index in [1.807, 2.05) is 0 Å². The number of aryl methyl sites for hydroxylation is 1. The van der Waals surface area contributed by atoms with E-state index in [1.165, 1.54) is 6.92 Å². The normalized spacial score (nSPS) is 11.9.